The van der Waals surface area contributed by atoms with Crippen LogP contribution < -0.4 is 0 Å². The number of carbonyl (C=O) groups is 1. The number of hydrogen-bond acceptors (Lipinski definition) is 5. The molecule has 5 rings (SSSR count). The molecule has 0 saturated carbocycles. The largest absolute Gasteiger partial charge is 0.512 e. The summed E-state index contributed by atoms with van der Waals surface area (Å²) in [4.78, 5) is 20.8. The third-order valence-corrected chi connectivity index (χ3v) is 10.8. The van der Waals surface area contributed by atoms with E-state index in [1.807, 2.05) is 64.1 Å². The van der Waals surface area contributed by atoms with Gasteiger partial charge < -0.3 is 5.11 Å². The van der Waals surface area contributed by atoms with Crippen LogP contribution >= 0.6 is 11.3 Å². The van der Waals surface area contributed by atoms with Crippen LogP contribution in [0.1, 0.15) is 98.6 Å². The Morgan fingerprint density at radius 3 is 2.09 bits per heavy atom. The van der Waals surface area contributed by atoms with E-state index in [0.29, 0.717) is 10.5 Å². The Balaban J connectivity index is 0.000000403. The standard InChI is InChI=1S/C31H28F3N2S.C13H24O2.Ir/c1-29(2,3)24-15-22(14-21-8-6-7-9-23(21)24)26-16-20(12-13-35-26)19-10-11-25-27(17-19)37-28(36-25)18-30(4,5)31(32,33)34;1-5-10(6-2)12(14)9-13(15)11(7-3)8-4;/h6-13,15-17H,18H2,1-5H3;9-11,14H,5-8H2,1-4H3;/q-1;;/b;12-9-;. The number of alkyl halides is 3. The van der Waals surface area contributed by atoms with Crippen molar-refractivity contribution in [3.63, 3.8) is 0 Å². The van der Waals surface area contributed by atoms with Gasteiger partial charge in [-0.05, 0) is 60.4 Å². The molecule has 0 unspecified atom stereocenters. The summed E-state index contributed by atoms with van der Waals surface area (Å²) in [5.74, 6) is 0.547. The van der Waals surface area contributed by atoms with Crippen LogP contribution in [0.25, 0.3) is 43.4 Å². The summed E-state index contributed by atoms with van der Waals surface area (Å²) >= 11 is 1.32. The molecule has 9 heteroatoms. The van der Waals surface area contributed by atoms with Crippen molar-refractivity contribution in [2.24, 2.45) is 17.3 Å². The summed E-state index contributed by atoms with van der Waals surface area (Å²) in [6, 6.07) is 23.8. The van der Waals surface area contributed by atoms with Crippen molar-refractivity contribution in [2.75, 3.05) is 0 Å². The zero-order valence-corrected chi connectivity index (χ0v) is 35.5. The zero-order chi connectivity index (χ0) is 38.4. The molecule has 0 spiro atoms. The fourth-order valence-electron chi connectivity index (χ4n) is 6.23. The molecule has 0 aliphatic rings. The van der Waals surface area contributed by atoms with Gasteiger partial charge in [0.1, 0.15) is 0 Å². The van der Waals surface area contributed by atoms with Crippen molar-refractivity contribution in [2.45, 2.75) is 106 Å². The number of halogens is 3. The number of hydrogen-bond donors (Lipinski definition) is 1. The normalized spacial score (nSPS) is 12.6. The Labute approximate surface area is 330 Å². The first-order valence-corrected chi connectivity index (χ1v) is 19.1. The molecule has 53 heavy (non-hydrogen) atoms. The van der Waals surface area contributed by atoms with Crippen LogP contribution in [0, 0.1) is 23.3 Å². The molecule has 2 heterocycles. The second-order valence-corrected chi connectivity index (χ2v) is 16.3. The number of nitrogens with zero attached hydrogens (tertiary/aromatic N) is 2. The van der Waals surface area contributed by atoms with E-state index in [2.05, 4.69) is 61.1 Å². The van der Waals surface area contributed by atoms with Gasteiger partial charge in [-0.25, -0.2) is 4.98 Å². The van der Waals surface area contributed by atoms with Crippen LogP contribution in [0.2, 0.25) is 0 Å². The molecule has 287 valence electrons. The van der Waals surface area contributed by atoms with E-state index < -0.39 is 11.6 Å². The molecule has 0 saturated heterocycles. The monoisotopic (exact) mass is 922 g/mol. The minimum atomic E-state index is -4.28. The predicted molar refractivity (Wildman–Crippen MR) is 211 cm³/mol. The number of pyridine rings is 1. The number of benzene rings is 3. The Morgan fingerprint density at radius 2 is 1.49 bits per heavy atom. The summed E-state index contributed by atoms with van der Waals surface area (Å²) in [6.07, 6.45) is 2.27. The second kappa shape index (κ2) is 18.3. The van der Waals surface area contributed by atoms with Crippen molar-refractivity contribution in [3.05, 3.63) is 95.3 Å². The summed E-state index contributed by atoms with van der Waals surface area (Å²) in [5, 5.41) is 12.5. The van der Waals surface area contributed by atoms with E-state index in [-0.39, 0.29) is 55.3 Å². The van der Waals surface area contributed by atoms with Gasteiger partial charge in [0.05, 0.1) is 26.4 Å². The Bertz CT molecular complexity index is 2020. The van der Waals surface area contributed by atoms with E-state index in [0.717, 1.165) is 58.2 Å². The number of fused-ring (bicyclic) bond motifs is 2. The molecule has 0 atom stereocenters. The molecule has 0 aliphatic heterocycles. The Hall–Kier alpha value is -3.39. The molecule has 5 aromatic rings. The number of thiazole rings is 1. The molecule has 4 nitrogen and oxygen atoms in total. The van der Waals surface area contributed by atoms with Crippen LogP contribution in [-0.4, -0.2) is 27.0 Å². The molecule has 3 aromatic carbocycles. The van der Waals surface area contributed by atoms with Crippen LogP contribution in [0.3, 0.4) is 0 Å². The van der Waals surface area contributed by atoms with Gasteiger partial charge in [-0.15, -0.1) is 40.5 Å². The van der Waals surface area contributed by atoms with Gasteiger partial charge in [-0.2, -0.15) is 13.2 Å². The first-order chi connectivity index (χ1) is 24.4. The van der Waals surface area contributed by atoms with E-state index in [1.54, 1.807) is 6.20 Å². The van der Waals surface area contributed by atoms with E-state index >= 15 is 0 Å². The van der Waals surface area contributed by atoms with Crippen molar-refractivity contribution in [1.29, 1.82) is 0 Å². The summed E-state index contributed by atoms with van der Waals surface area (Å²) < 4.78 is 41.0. The quantitative estimate of drug-likeness (QED) is 0.0814. The van der Waals surface area contributed by atoms with Gasteiger partial charge >= 0.3 is 6.18 Å². The topological polar surface area (TPSA) is 63.1 Å². The second-order valence-electron chi connectivity index (χ2n) is 15.2. The minimum Gasteiger partial charge on any atom is -0.512 e. The van der Waals surface area contributed by atoms with E-state index in [1.165, 1.54) is 42.2 Å². The molecular formula is C44H52F3IrN2O2S-. The van der Waals surface area contributed by atoms with Crippen LogP contribution in [-0.2, 0) is 36.7 Å². The maximum atomic E-state index is 13.4. The average Bonchev–Trinajstić information content (AvgIpc) is 3.49. The number of aliphatic hydroxyl groups excluding tert-OH is 1. The Morgan fingerprint density at radius 1 is 0.868 bits per heavy atom. The van der Waals surface area contributed by atoms with Crippen molar-refractivity contribution < 1.29 is 43.2 Å². The number of rotatable bonds is 11. The molecule has 0 amide bonds. The molecule has 0 bridgehead atoms. The summed E-state index contributed by atoms with van der Waals surface area (Å²) in [6.45, 7) is 17.1. The number of aliphatic hydroxyl groups is 1. The third-order valence-electron chi connectivity index (χ3n) is 9.83. The molecule has 1 N–H and O–H groups in total. The van der Waals surface area contributed by atoms with E-state index in [4.69, 9.17) is 0 Å². The molecule has 1 radical (unpaired) electrons. The van der Waals surface area contributed by atoms with Crippen LogP contribution in [0.4, 0.5) is 13.2 Å². The first kappa shape index (κ1) is 44.0. The van der Waals surface area contributed by atoms with Gasteiger partial charge in [-0.1, -0.05) is 104 Å². The molecule has 2 aromatic heterocycles. The third kappa shape index (κ3) is 10.9. The number of allylic oxidation sites excluding steroid dienone is 2. The number of aromatic nitrogens is 2. The first-order valence-electron chi connectivity index (χ1n) is 18.2. The maximum Gasteiger partial charge on any atom is 0.394 e. The minimum absolute atomic E-state index is 0. The van der Waals surface area contributed by atoms with Crippen molar-refractivity contribution in [1.82, 2.24) is 9.97 Å². The number of ketones is 1. The fraction of sp³-hybridized carbons (Fsp3) is 0.432. The van der Waals surface area contributed by atoms with E-state index in [9.17, 15) is 23.1 Å². The average molecular weight is 922 g/mol. The van der Waals surface area contributed by atoms with Crippen LogP contribution in [0.5, 0.6) is 0 Å². The van der Waals surface area contributed by atoms with Crippen molar-refractivity contribution >= 4 is 38.1 Å². The van der Waals surface area contributed by atoms with Gasteiger partial charge in [0.2, 0.25) is 0 Å². The van der Waals surface area contributed by atoms with Gasteiger partial charge in [0.25, 0.3) is 0 Å². The number of carbonyl (C=O) groups excluding carboxylic acids is 1. The molecule has 0 fully saturated rings. The summed E-state index contributed by atoms with van der Waals surface area (Å²) in [7, 11) is 0. The van der Waals surface area contributed by atoms with Gasteiger partial charge in [0, 0.05) is 56.3 Å². The van der Waals surface area contributed by atoms with Crippen molar-refractivity contribution in [3.8, 4) is 22.4 Å². The predicted octanol–water partition coefficient (Wildman–Crippen LogP) is 13.3. The molecule has 0 aliphatic carbocycles. The van der Waals surface area contributed by atoms with Gasteiger partial charge in [-0.3, -0.25) is 9.78 Å². The Kier molecular flexibility index (Phi) is 15.2. The van der Waals surface area contributed by atoms with Crippen LogP contribution in [0.15, 0.2) is 78.7 Å². The smallest absolute Gasteiger partial charge is 0.394 e. The maximum absolute atomic E-state index is 13.4. The SMILES string of the molecule is CC(C)(C)c1cc(-c2cc(-c3ccc4nc(CC(C)(C)C(F)(F)F)sc4c3)ccn2)[c-]c2ccccc12.CCC(CC)C(=O)/C=C(\O)C(CC)CC.[Ir]. The summed E-state index contributed by atoms with van der Waals surface area (Å²) in [5.41, 5.74) is 3.79. The fourth-order valence-corrected chi connectivity index (χ4v) is 7.47. The molecular weight excluding hydrogens is 870 g/mol. The van der Waals surface area contributed by atoms with Gasteiger partial charge in [0.15, 0.2) is 5.78 Å². The zero-order valence-electron chi connectivity index (χ0n) is 32.2.